The Hall–Kier alpha value is -2.62. The maximum Gasteiger partial charge on any atom is 0.200 e. The third-order valence-corrected chi connectivity index (χ3v) is 5.26. The molecular weight excluding hydrogens is 302 g/mol. The molecule has 2 aromatic rings. The third kappa shape index (κ3) is 1.80. The van der Waals surface area contributed by atoms with Crippen LogP contribution in [0, 0.1) is 0 Å². The van der Waals surface area contributed by atoms with E-state index in [1.165, 1.54) is 6.42 Å². The molecule has 1 fully saturated rings. The van der Waals surface area contributed by atoms with E-state index in [2.05, 4.69) is 0 Å². The number of rotatable bonds is 0. The minimum Gasteiger partial charge on any atom is -0.508 e. The molecule has 3 aliphatic rings. The summed E-state index contributed by atoms with van der Waals surface area (Å²) in [6, 6.07) is 10.5. The van der Waals surface area contributed by atoms with Crippen LogP contribution < -0.4 is 4.74 Å². The highest BCUT2D eigenvalue weighted by atomic mass is 16.5. The fourth-order valence-corrected chi connectivity index (χ4v) is 4.12. The van der Waals surface area contributed by atoms with E-state index in [0.29, 0.717) is 16.7 Å². The van der Waals surface area contributed by atoms with Crippen LogP contribution in [0.5, 0.6) is 11.5 Å². The summed E-state index contributed by atoms with van der Waals surface area (Å²) in [6.45, 7) is 0. The number of ketones is 1. The molecule has 120 valence electrons. The zero-order chi connectivity index (χ0) is 16.3. The first kappa shape index (κ1) is 13.8. The maximum absolute atomic E-state index is 12.8. The molecule has 1 saturated carbocycles. The van der Waals surface area contributed by atoms with Crippen LogP contribution in [0.2, 0.25) is 0 Å². The van der Waals surface area contributed by atoms with Crippen LogP contribution in [0.25, 0.3) is 0 Å². The fraction of sp³-hybridized carbons (Fsp3) is 0.300. The van der Waals surface area contributed by atoms with Crippen molar-refractivity contribution in [3.8, 4) is 11.5 Å². The van der Waals surface area contributed by atoms with Crippen molar-refractivity contribution in [2.75, 3.05) is 0 Å². The molecule has 1 heterocycles. The molecule has 2 aliphatic carbocycles. The van der Waals surface area contributed by atoms with Gasteiger partial charge in [-0.25, -0.2) is 4.99 Å². The van der Waals surface area contributed by atoms with Gasteiger partial charge in [-0.3, -0.25) is 4.79 Å². The average Bonchev–Trinajstić information content (AvgIpc) is 2.59. The van der Waals surface area contributed by atoms with Crippen LogP contribution in [0.15, 0.2) is 41.4 Å². The largest absolute Gasteiger partial charge is 0.508 e. The molecule has 1 N–H and O–H groups in total. The topological polar surface area (TPSA) is 58.9 Å². The summed E-state index contributed by atoms with van der Waals surface area (Å²) in [7, 11) is 0. The number of ether oxygens (including phenoxy) is 1. The van der Waals surface area contributed by atoms with Gasteiger partial charge in [-0.15, -0.1) is 0 Å². The van der Waals surface area contributed by atoms with E-state index in [1.807, 2.05) is 18.2 Å². The molecule has 0 bridgehead atoms. The zero-order valence-corrected chi connectivity index (χ0v) is 13.2. The zero-order valence-electron chi connectivity index (χ0n) is 13.2. The quantitative estimate of drug-likeness (QED) is 0.685. The van der Waals surface area contributed by atoms with Crippen molar-refractivity contribution in [2.45, 2.75) is 37.8 Å². The van der Waals surface area contributed by atoms with Crippen LogP contribution in [0.4, 0.5) is 0 Å². The summed E-state index contributed by atoms with van der Waals surface area (Å²) in [5.41, 5.74) is 2.99. The Balaban J connectivity index is 1.81. The molecular formula is C20H17NO3. The minimum absolute atomic E-state index is 0.0380. The Labute approximate surface area is 139 Å². The highest BCUT2D eigenvalue weighted by Crippen LogP contribution is 2.44. The molecule has 0 unspecified atom stereocenters. The predicted molar refractivity (Wildman–Crippen MR) is 90.1 cm³/mol. The fourth-order valence-electron chi connectivity index (χ4n) is 4.12. The Kier molecular flexibility index (Phi) is 2.70. The number of benzene rings is 2. The summed E-state index contributed by atoms with van der Waals surface area (Å²) in [5, 5.41) is 9.93. The maximum atomic E-state index is 12.8. The molecule has 24 heavy (non-hydrogen) atoms. The molecule has 0 amide bonds. The lowest BCUT2D eigenvalue weighted by Crippen LogP contribution is -2.42. The second-order valence-corrected chi connectivity index (χ2v) is 6.81. The van der Waals surface area contributed by atoms with Gasteiger partial charge in [-0.1, -0.05) is 18.6 Å². The van der Waals surface area contributed by atoms with E-state index >= 15 is 0 Å². The minimum atomic E-state index is -0.525. The van der Waals surface area contributed by atoms with E-state index in [1.54, 1.807) is 18.2 Å². The number of nitrogens with zero attached hydrogens (tertiary/aromatic N) is 1. The smallest absolute Gasteiger partial charge is 0.200 e. The number of phenolic OH excluding ortho intramolecular Hbond substituents is 1. The number of aromatic hydroxyl groups is 1. The lowest BCUT2D eigenvalue weighted by Gasteiger charge is -2.40. The molecule has 4 heteroatoms. The monoisotopic (exact) mass is 319 g/mol. The highest BCUT2D eigenvalue weighted by molar-refractivity contribution is 6.31. The summed E-state index contributed by atoms with van der Waals surface area (Å²) in [4.78, 5) is 17.8. The second kappa shape index (κ2) is 4.69. The third-order valence-electron chi connectivity index (χ3n) is 5.26. The molecule has 0 saturated heterocycles. The lowest BCUT2D eigenvalue weighted by molar-refractivity contribution is 0.0353. The standard InChI is InChI=1S/C20H17NO3/c22-12-7-8-13-15(11-12)18-17-14(19(13)23)5-4-6-16(17)24-20(21-18)9-2-1-3-10-20/h4-8,11,22H,1-3,9-10H2. The van der Waals surface area contributed by atoms with Gasteiger partial charge in [0.05, 0.1) is 11.3 Å². The van der Waals surface area contributed by atoms with E-state index in [-0.39, 0.29) is 11.5 Å². The Morgan fingerprint density at radius 1 is 1.00 bits per heavy atom. The molecule has 5 rings (SSSR count). The molecule has 0 radical (unpaired) electrons. The molecule has 0 aromatic heterocycles. The van der Waals surface area contributed by atoms with Gasteiger partial charge in [0.25, 0.3) is 0 Å². The summed E-state index contributed by atoms with van der Waals surface area (Å²) < 4.78 is 6.30. The van der Waals surface area contributed by atoms with Crippen LogP contribution in [-0.4, -0.2) is 22.3 Å². The van der Waals surface area contributed by atoms with Crippen molar-refractivity contribution in [3.05, 3.63) is 58.7 Å². The van der Waals surface area contributed by atoms with Gasteiger partial charge in [0.1, 0.15) is 11.5 Å². The number of carbonyl (C=O) groups is 1. The van der Waals surface area contributed by atoms with Crippen LogP contribution >= 0.6 is 0 Å². The van der Waals surface area contributed by atoms with Crippen molar-refractivity contribution >= 4 is 11.5 Å². The van der Waals surface area contributed by atoms with Gasteiger partial charge in [0.15, 0.2) is 5.78 Å². The predicted octanol–water partition coefficient (Wildman–Crippen LogP) is 3.83. The van der Waals surface area contributed by atoms with Crippen molar-refractivity contribution in [1.82, 2.24) is 0 Å². The van der Waals surface area contributed by atoms with E-state index in [9.17, 15) is 9.90 Å². The van der Waals surface area contributed by atoms with Crippen molar-refractivity contribution in [1.29, 1.82) is 0 Å². The average molecular weight is 319 g/mol. The second-order valence-electron chi connectivity index (χ2n) is 6.81. The van der Waals surface area contributed by atoms with Crippen molar-refractivity contribution in [2.24, 2.45) is 4.99 Å². The molecule has 0 atom stereocenters. The van der Waals surface area contributed by atoms with Gasteiger partial charge in [-0.2, -0.15) is 0 Å². The van der Waals surface area contributed by atoms with Gasteiger partial charge < -0.3 is 9.84 Å². The Morgan fingerprint density at radius 2 is 1.83 bits per heavy atom. The Bertz CT molecular complexity index is 907. The highest BCUT2D eigenvalue weighted by Gasteiger charge is 2.42. The van der Waals surface area contributed by atoms with Gasteiger partial charge in [-0.05, 0) is 37.1 Å². The van der Waals surface area contributed by atoms with E-state index in [4.69, 9.17) is 9.73 Å². The first-order valence-corrected chi connectivity index (χ1v) is 8.47. The first-order chi connectivity index (χ1) is 11.7. The summed E-state index contributed by atoms with van der Waals surface area (Å²) in [6.07, 6.45) is 5.18. The van der Waals surface area contributed by atoms with Crippen LogP contribution in [0.3, 0.4) is 0 Å². The van der Waals surface area contributed by atoms with Crippen LogP contribution in [0.1, 0.15) is 59.2 Å². The number of fused-ring (bicyclic) bond motifs is 2. The van der Waals surface area contributed by atoms with Gasteiger partial charge >= 0.3 is 0 Å². The SMILES string of the molecule is O=C1c2ccc(O)cc2C2=NC3(CCCCC3)Oc3cccc1c32. The van der Waals surface area contributed by atoms with E-state index in [0.717, 1.165) is 42.7 Å². The van der Waals surface area contributed by atoms with Gasteiger partial charge in [0.2, 0.25) is 5.72 Å². The molecule has 1 spiro atoms. The number of carbonyl (C=O) groups excluding carboxylic acids is 1. The summed E-state index contributed by atoms with van der Waals surface area (Å²) in [5.74, 6) is 0.847. The van der Waals surface area contributed by atoms with Crippen molar-refractivity contribution < 1.29 is 14.6 Å². The number of aliphatic imine (C=N–C) groups is 1. The molecule has 1 aliphatic heterocycles. The number of hydrogen-bond acceptors (Lipinski definition) is 4. The normalized spacial score (nSPS) is 20.0. The summed E-state index contributed by atoms with van der Waals surface area (Å²) >= 11 is 0. The van der Waals surface area contributed by atoms with Crippen LogP contribution in [-0.2, 0) is 0 Å². The number of phenols is 1. The number of hydrogen-bond donors (Lipinski definition) is 1. The molecule has 4 nitrogen and oxygen atoms in total. The molecule has 2 aromatic carbocycles. The van der Waals surface area contributed by atoms with Crippen molar-refractivity contribution in [3.63, 3.8) is 0 Å². The Morgan fingerprint density at radius 3 is 2.67 bits per heavy atom. The van der Waals surface area contributed by atoms with Gasteiger partial charge in [0, 0.05) is 29.5 Å². The van der Waals surface area contributed by atoms with E-state index < -0.39 is 5.72 Å². The lowest BCUT2D eigenvalue weighted by atomic mass is 9.81. The first-order valence-electron chi connectivity index (χ1n) is 8.47.